The molecule has 2 rings (SSSR count). The van der Waals surface area contributed by atoms with Gasteiger partial charge in [0.1, 0.15) is 22.4 Å². The first-order chi connectivity index (χ1) is 8.99. The molecule has 0 fully saturated rings. The van der Waals surface area contributed by atoms with Crippen LogP contribution in [0.2, 0.25) is 5.02 Å². The summed E-state index contributed by atoms with van der Waals surface area (Å²) in [5.41, 5.74) is 6.45. The molecule has 0 aliphatic rings. The maximum absolute atomic E-state index is 13.2. The van der Waals surface area contributed by atoms with Gasteiger partial charge in [0.15, 0.2) is 0 Å². The summed E-state index contributed by atoms with van der Waals surface area (Å²) in [5, 5.41) is 7.50. The average Bonchev–Trinajstić information content (AvgIpc) is 2.36. The van der Waals surface area contributed by atoms with E-state index in [9.17, 15) is 4.39 Å². The number of hydrogen-bond donors (Lipinski definition) is 2. The number of nitrogens with two attached hydrogens (primary N) is 1. The maximum atomic E-state index is 13.2. The second-order valence-electron chi connectivity index (χ2n) is 3.90. The van der Waals surface area contributed by atoms with Crippen LogP contribution >= 0.6 is 11.6 Å². The minimum Gasteiger partial charge on any atom is -0.437 e. The zero-order chi connectivity index (χ0) is 14.0. The van der Waals surface area contributed by atoms with Gasteiger partial charge in [0, 0.05) is 17.8 Å². The topological polar surface area (TPSA) is 72.0 Å². The Labute approximate surface area is 114 Å². The van der Waals surface area contributed by atoms with Gasteiger partial charge in [-0.2, -0.15) is 0 Å². The molecule has 98 valence electrons. The molecule has 0 radical (unpaired) electrons. The molecule has 0 unspecified atom stereocenters. The molecule has 2 aromatic rings. The summed E-state index contributed by atoms with van der Waals surface area (Å²) < 4.78 is 18.6. The minimum atomic E-state index is -0.417. The number of nitrogen functional groups attached to an aromatic ring is 1. The third kappa shape index (κ3) is 2.82. The van der Waals surface area contributed by atoms with Crippen molar-refractivity contribution in [1.29, 1.82) is 5.41 Å². The number of amidine groups is 1. The average molecular weight is 280 g/mol. The van der Waals surface area contributed by atoms with E-state index in [1.54, 1.807) is 13.0 Å². The Bertz CT molecular complexity index is 646. The molecule has 0 saturated heterocycles. The Morgan fingerprint density at radius 2 is 2.16 bits per heavy atom. The molecule has 19 heavy (non-hydrogen) atoms. The highest BCUT2D eigenvalue weighted by Crippen LogP contribution is 2.31. The van der Waals surface area contributed by atoms with Crippen molar-refractivity contribution in [1.82, 2.24) is 4.98 Å². The largest absolute Gasteiger partial charge is 0.437 e. The van der Waals surface area contributed by atoms with Crippen molar-refractivity contribution in [3.63, 3.8) is 0 Å². The van der Waals surface area contributed by atoms with E-state index in [2.05, 4.69) is 4.98 Å². The summed E-state index contributed by atoms with van der Waals surface area (Å²) in [5.74, 6) is -0.203. The number of hydrogen-bond acceptors (Lipinski definition) is 3. The van der Waals surface area contributed by atoms with E-state index in [4.69, 9.17) is 27.5 Å². The smallest absolute Gasteiger partial charge is 0.238 e. The second-order valence-corrected chi connectivity index (χ2v) is 4.28. The number of rotatable bonds is 3. The number of nitrogens with zero attached hydrogens (tertiary/aromatic N) is 1. The summed E-state index contributed by atoms with van der Waals surface area (Å²) in [6, 6.07) is 5.68. The van der Waals surface area contributed by atoms with Crippen LogP contribution in [0, 0.1) is 18.2 Å². The molecule has 0 spiro atoms. The molecule has 6 heteroatoms. The van der Waals surface area contributed by atoms with Gasteiger partial charge in [-0.15, -0.1) is 0 Å². The van der Waals surface area contributed by atoms with E-state index in [-0.39, 0.29) is 16.7 Å². The van der Waals surface area contributed by atoms with Crippen molar-refractivity contribution >= 4 is 17.4 Å². The van der Waals surface area contributed by atoms with Crippen LogP contribution in [-0.4, -0.2) is 10.8 Å². The fourth-order valence-electron chi connectivity index (χ4n) is 1.49. The van der Waals surface area contributed by atoms with Gasteiger partial charge < -0.3 is 10.5 Å². The number of ether oxygens (including phenoxy) is 1. The van der Waals surface area contributed by atoms with Crippen molar-refractivity contribution in [3.8, 4) is 11.6 Å². The van der Waals surface area contributed by atoms with Crippen molar-refractivity contribution < 1.29 is 9.13 Å². The maximum Gasteiger partial charge on any atom is 0.238 e. The molecule has 3 N–H and O–H groups in total. The van der Waals surface area contributed by atoms with Crippen molar-refractivity contribution in [3.05, 3.63) is 52.4 Å². The zero-order valence-corrected chi connectivity index (χ0v) is 10.8. The van der Waals surface area contributed by atoms with Crippen LogP contribution in [0.3, 0.4) is 0 Å². The lowest BCUT2D eigenvalue weighted by atomic mass is 10.2. The van der Waals surface area contributed by atoms with Crippen LogP contribution in [-0.2, 0) is 0 Å². The molecular formula is C13H11ClFN3O. The molecular weight excluding hydrogens is 269 g/mol. The SMILES string of the molecule is Cc1ccc(F)cc1Oc1nccc(C(=N)N)c1Cl. The third-order valence-corrected chi connectivity index (χ3v) is 2.87. The highest BCUT2D eigenvalue weighted by Gasteiger charge is 2.13. The van der Waals surface area contributed by atoms with Gasteiger partial charge in [-0.05, 0) is 24.6 Å². The number of aromatic nitrogens is 1. The van der Waals surface area contributed by atoms with Crippen LogP contribution in [0.25, 0.3) is 0 Å². The highest BCUT2D eigenvalue weighted by atomic mass is 35.5. The molecule has 4 nitrogen and oxygen atoms in total. The van der Waals surface area contributed by atoms with Crippen LogP contribution in [0.1, 0.15) is 11.1 Å². The normalized spacial score (nSPS) is 10.3. The fourth-order valence-corrected chi connectivity index (χ4v) is 1.74. The van der Waals surface area contributed by atoms with Gasteiger partial charge in [-0.3, -0.25) is 5.41 Å². The monoisotopic (exact) mass is 279 g/mol. The van der Waals surface area contributed by atoms with Gasteiger partial charge >= 0.3 is 0 Å². The van der Waals surface area contributed by atoms with Gasteiger partial charge in [-0.1, -0.05) is 17.7 Å². The number of halogens is 2. The lowest BCUT2D eigenvalue weighted by molar-refractivity contribution is 0.454. The van der Waals surface area contributed by atoms with E-state index in [0.29, 0.717) is 11.3 Å². The van der Waals surface area contributed by atoms with Crippen LogP contribution < -0.4 is 10.5 Å². The quantitative estimate of drug-likeness (QED) is 0.669. The van der Waals surface area contributed by atoms with Crippen LogP contribution in [0.5, 0.6) is 11.6 Å². The van der Waals surface area contributed by atoms with Gasteiger partial charge in [0.25, 0.3) is 0 Å². The van der Waals surface area contributed by atoms with Crippen LogP contribution in [0.4, 0.5) is 4.39 Å². The Balaban J connectivity index is 2.41. The lowest BCUT2D eigenvalue weighted by Crippen LogP contribution is -2.12. The van der Waals surface area contributed by atoms with Gasteiger partial charge in [0.05, 0.1) is 0 Å². The predicted molar refractivity (Wildman–Crippen MR) is 71.5 cm³/mol. The molecule has 0 saturated carbocycles. The molecule has 0 aliphatic heterocycles. The molecule has 0 aliphatic carbocycles. The summed E-state index contributed by atoms with van der Waals surface area (Å²) in [6.45, 7) is 1.78. The van der Waals surface area contributed by atoms with E-state index in [1.165, 1.54) is 24.4 Å². The van der Waals surface area contributed by atoms with Crippen molar-refractivity contribution in [2.24, 2.45) is 5.73 Å². The highest BCUT2D eigenvalue weighted by molar-refractivity contribution is 6.35. The zero-order valence-electron chi connectivity index (χ0n) is 10.1. The fraction of sp³-hybridized carbons (Fsp3) is 0.0769. The summed E-state index contributed by atoms with van der Waals surface area (Å²) in [4.78, 5) is 3.96. The standard InChI is InChI=1S/C13H11ClFN3O/c1-7-2-3-8(15)6-10(7)19-13-11(14)9(12(16)17)4-5-18-13/h2-6H,1H3,(H3,16,17). The lowest BCUT2D eigenvalue weighted by Gasteiger charge is -2.10. The summed E-state index contributed by atoms with van der Waals surface area (Å²) >= 11 is 6.04. The number of benzene rings is 1. The number of pyridine rings is 1. The second kappa shape index (κ2) is 5.24. The van der Waals surface area contributed by atoms with Gasteiger partial charge in [-0.25, -0.2) is 9.37 Å². The number of aryl methyl sites for hydroxylation is 1. The van der Waals surface area contributed by atoms with E-state index >= 15 is 0 Å². The molecule has 0 bridgehead atoms. The predicted octanol–water partition coefficient (Wildman–Crippen LogP) is 3.26. The van der Waals surface area contributed by atoms with E-state index in [0.717, 1.165) is 5.56 Å². The number of nitrogens with one attached hydrogen (secondary N) is 1. The molecule has 1 heterocycles. The third-order valence-electron chi connectivity index (χ3n) is 2.50. The molecule has 0 amide bonds. The Hall–Kier alpha value is -2.14. The van der Waals surface area contributed by atoms with Crippen LogP contribution in [0.15, 0.2) is 30.5 Å². The molecule has 1 aromatic carbocycles. The minimum absolute atomic E-state index is 0.0862. The summed E-state index contributed by atoms with van der Waals surface area (Å²) in [7, 11) is 0. The Morgan fingerprint density at radius 3 is 2.84 bits per heavy atom. The first kappa shape index (κ1) is 13.3. The van der Waals surface area contributed by atoms with Crippen molar-refractivity contribution in [2.45, 2.75) is 6.92 Å². The molecule has 0 atom stereocenters. The van der Waals surface area contributed by atoms with Crippen molar-refractivity contribution in [2.75, 3.05) is 0 Å². The molecule has 1 aromatic heterocycles. The Morgan fingerprint density at radius 1 is 1.42 bits per heavy atom. The first-order valence-corrected chi connectivity index (χ1v) is 5.79. The summed E-state index contributed by atoms with van der Waals surface area (Å²) in [6.07, 6.45) is 1.42. The van der Waals surface area contributed by atoms with E-state index in [1.807, 2.05) is 0 Å². The van der Waals surface area contributed by atoms with E-state index < -0.39 is 5.82 Å². The Kier molecular flexibility index (Phi) is 3.66. The first-order valence-electron chi connectivity index (χ1n) is 5.42. The van der Waals surface area contributed by atoms with Gasteiger partial charge in [0.2, 0.25) is 5.88 Å².